The van der Waals surface area contributed by atoms with Crippen molar-refractivity contribution in [2.24, 2.45) is 5.73 Å². The van der Waals surface area contributed by atoms with Crippen molar-refractivity contribution < 1.29 is 13.2 Å². The number of nitrogens with zero attached hydrogens (tertiary/aromatic N) is 3. The Bertz CT molecular complexity index is 1300. The second-order valence-corrected chi connectivity index (χ2v) is 9.36. The monoisotopic (exact) mass is 451 g/mol. The van der Waals surface area contributed by atoms with Gasteiger partial charge in [0.05, 0.1) is 22.8 Å². The van der Waals surface area contributed by atoms with Crippen LogP contribution in [0.25, 0.3) is 10.9 Å². The lowest BCUT2D eigenvalue weighted by Gasteiger charge is -2.12. The number of rotatable bonds is 9. The van der Waals surface area contributed by atoms with Gasteiger partial charge in [-0.05, 0) is 36.6 Å². The van der Waals surface area contributed by atoms with E-state index < -0.39 is 16.1 Å². The first-order chi connectivity index (χ1) is 15.5. The van der Waals surface area contributed by atoms with E-state index >= 15 is 0 Å². The Kier molecular flexibility index (Phi) is 6.38. The number of aryl methyl sites for hydroxylation is 1. The molecule has 0 bridgehead atoms. The van der Waals surface area contributed by atoms with Crippen LogP contribution in [0, 0.1) is 0 Å². The summed E-state index contributed by atoms with van der Waals surface area (Å²) in [4.78, 5) is 16.7. The molecule has 0 unspecified atom stereocenters. The normalized spacial score (nSPS) is 12.7. The van der Waals surface area contributed by atoms with Crippen molar-refractivity contribution in [2.45, 2.75) is 30.3 Å². The van der Waals surface area contributed by atoms with Gasteiger partial charge in [0.1, 0.15) is 0 Å². The summed E-state index contributed by atoms with van der Waals surface area (Å²) in [6.45, 7) is 1.25. The van der Waals surface area contributed by atoms with E-state index in [2.05, 4.69) is 10.3 Å². The molecule has 1 atom stereocenters. The third-order valence-electron chi connectivity index (χ3n) is 5.29. The summed E-state index contributed by atoms with van der Waals surface area (Å²) >= 11 is 0. The van der Waals surface area contributed by atoms with Crippen molar-refractivity contribution >= 4 is 26.8 Å². The predicted molar refractivity (Wildman–Crippen MR) is 122 cm³/mol. The number of carbonyl (C=O) groups is 1. The summed E-state index contributed by atoms with van der Waals surface area (Å²) in [5.74, 6) is -0.265. The highest BCUT2D eigenvalue weighted by Crippen LogP contribution is 2.26. The Hall–Kier alpha value is -3.43. The molecule has 32 heavy (non-hydrogen) atoms. The van der Waals surface area contributed by atoms with Crippen molar-refractivity contribution in [1.82, 2.24) is 18.8 Å². The number of imidazole rings is 1. The molecule has 9 heteroatoms. The number of amides is 1. The maximum atomic E-state index is 13.2. The van der Waals surface area contributed by atoms with Crippen molar-refractivity contribution in [3.05, 3.63) is 85.1 Å². The number of hydrogen-bond donors (Lipinski definition) is 2. The van der Waals surface area contributed by atoms with E-state index in [4.69, 9.17) is 5.73 Å². The zero-order chi connectivity index (χ0) is 22.6. The Labute approximate surface area is 186 Å². The van der Waals surface area contributed by atoms with E-state index in [1.54, 1.807) is 61.2 Å². The van der Waals surface area contributed by atoms with Gasteiger partial charge in [-0.1, -0.05) is 36.4 Å². The molecule has 1 amide bonds. The Morgan fingerprint density at radius 3 is 2.59 bits per heavy atom. The van der Waals surface area contributed by atoms with Gasteiger partial charge in [0, 0.05) is 37.1 Å². The summed E-state index contributed by atoms with van der Waals surface area (Å²) in [5, 5.41) is 3.61. The number of carbonyl (C=O) groups excluding carboxylic acids is 1. The minimum atomic E-state index is -3.77. The van der Waals surface area contributed by atoms with E-state index in [1.807, 2.05) is 22.9 Å². The first-order valence-electron chi connectivity index (χ1n) is 10.4. The van der Waals surface area contributed by atoms with Crippen LogP contribution in [-0.2, 0) is 27.8 Å². The van der Waals surface area contributed by atoms with Gasteiger partial charge in [-0.3, -0.25) is 4.79 Å². The average molecular weight is 452 g/mol. The number of aromatic nitrogens is 3. The molecule has 8 nitrogen and oxygen atoms in total. The van der Waals surface area contributed by atoms with Crippen LogP contribution in [-0.4, -0.2) is 40.4 Å². The molecule has 0 spiro atoms. The van der Waals surface area contributed by atoms with Gasteiger partial charge in [-0.2, -0.15) is 0 Å². The van der Waals surface area contributed by atoms with Crippen LogP contribution in [0.5, 0.6) is 0 Å². The van der Waals surface area contributed by atoms with Crippen molar-refractivity contribution in [2.75, 3.05) is 6.54 Å². The largest absolute Gasteiger partial charge is 0.355 e. The maximum absolute atomic E-state index is 13.2. The molecule has 0 saturated carbocycles. The fourth-order valence-electron chi connectivity index (χ4n) is 3.64. The SMILES string of the molecule is N[C@H](Cc1cn(S(=O)(=O)c2ccccc2)c2ccccc12)C(=O)NCCCn1ccnc1. The van der Waals surface area contributed by atoms with E-state index in [0.29, 0.717) is 17.6 Å². The molecule has 2 aromatic carbocycles. The third-order valence-corrected chi connectivity index (χ3v) is 6.98. The van der Waals surface area contributed by atoms with Crippen LogP contribution in [0.1, 0.15) is 12.0 Å². The van der Waals surface area contributed by atoms with Crippen LogP contribution < -0.4 is 11.1 Å². The van der Waals surface area contributed by atoms with Crippen molar-refractivity contribution in [3.8, 4) is 0 Å². The van der Waals surface area contributed by atoms with Gasteiger partial charge >= 0.3 is 0 Å². The Morgan fingerprint density at radius 2 is 1.84 bits per heavy atom. The van der Waals surface area contributed by atoms with Crippen LogP contribution in [0.3, 0.4) is 0 Å². The molecule has 0 aliphatic rings. The summed E-state index contributed by atoms with van der Waals surface area (Å²) in [6, 6.07) is 14.7. The second kappa shape index (κ2) is 9.37. The molecular weight excluding hydrogens is 426 g/mol. The van der Waals surface area contributed by atoms with Gasteiger partial charge < -0.3 is 15.6 Å². The first kappa shape index (κ1) is 21.8. The minimum absolute atomic E-state index is 0.201. The molecule has 0 aliphatic carbocycles. The smallest absolute Gasteiger partial charge is 0.268 e. The summed E-state index contributed by atoms with van der Waals surface area (Å²) in [5.41, 5.74) is 7.42. The molecule has 4 aromatic rings. The number of nitrogens with two attached hydrogens (primary N) is 1. The highest BCUT2D eigenvalue weighted by atomic mass is 32.2. The van der Waals surface area contributed by atoms with Gasteiger partial charge in [-0.25, -0.2) is 17.4 Å². The van der Waals surface area contributed by atoms with Gasteiger partial charge in [0.25, 0.3) is 10.0 Å². The third kappa shape index (κ3) is 4.58. The molecule has 0 fully saturated rings. The molecule has 0 radical (unpaired) electrons. The minimum Gasteiger partial charge on any atom is -0.355 e. The molecule has 0 aliphatic heterocycles. The molecule has 0 saturated heterocycles. The van der Waals surface area contributed by atoms with Crippen molar-refractivity contribution in [1.29, 1.82) is 0 Å². The fourth-order valence-corrected chi connectivity index (χ4v) is 5.05. The zero-order valence-corrected chi connectivity index (χ0v) is 18.3. The zero-order valence-electron chi connectivity index (χ0n) is 17.5. The quantitative estimate of drug-likeness (QED) is 0.379. The van der Waals surface area contributed by atoms with Gasteiger partial charge in [0.2, 0.25) is 5.91 Å². The predicted octanol–water partition coefficient (Wildman–Crippen LogP) is 2.15. The first-order valence-corrected chi connectivity index (χ1v) is 11.8. The average Bonchev–Trinajstić information content (AvgIpc) is 3.46. The molecular formula is C23H25N5O3S. The van der Waals surface area contributed by atoms with Crippen molar-refractivity contribution in [3.63, 3.8) is 0 Å². The molecule has 4 rings (SSSR count). The second-order valence-electron chi connectivity index (χ2n) is 7.54. The number of para-hydroxylation sites is 1. The van der Waals surface area contributed by atoms with Crippen LogP contribution >= 0.6 is 0 Å². The Balaban J connectivity index is 1.49. The van der Waals surface area contributed by atoms with Crippen LogP contribution in [0.4, 0.5) is 0 Å². The van der Waals surface area contributed by atoms with E-state index in [1.165, 1.54) is 3.97 Å². The lowest BCUT2D eigenvalue weighted by atomic mass is 10.1. The van der Waals surface area contributed by atoms with E-state index in [9.17, 15) is 13.2 Å². The van der Waals surface area contributed by atoms with E-state index in [-0.39, 0.29) is 17.2 Å². The van der Waals surface area contributed by atoms with E-state index in [0.717, 1.165) is 18.4 Å². The number of benzene rings is 2. The van der Waals surface area contributed by atoms with Crippen LogP contribution in [0.2, 0.25) is 0 Å². The summed E-state index contributed by atoms with van der Waals surface area (Å²) in [7, 11) is -3.77. The molecule has 2 heterocycles. The molecule has 2 aromatic heterocycles. The lowest BCUT2D eigenvalue weighted by Crippen LogP contribution is -2.42. The fraction of sp³-hybridized carbons (Fsp3) is 0.217. The summed E-state index contributed by atoms with van der Waals surface area (Å²) < 4.78 is 29.6. The lowest BCUT2D eigenvalue weighted by molar-refractivity contribution is -0.122. The number of fused-ring (bicyclic) bond motifs is 1. The molecule has 3 N–H and O–H groups in total. The standard InChI is InChI=1S/C23H25N5O3S/c24-21(23(29)26-11-6-13-27-14-12-25-17-27)15-18-16-28(22-10-5-4-9-20(18)22)32(30,31)19-7-2-1-3-8-19/h1-5,7-10,12,14,16-17,21H,6,11,13,15,24H2,(H,26,29)/t21-/m1/s1. The van der Waals surface area contributed by atoms with Gasteiger partial charge in [0.15, 0.2) is 0 Å². The number of nitrogens with one attached hydrogen (secondary N) is 1. The van der Waals surface area contributed by atoms with Gasteiger partial charge in [-0.15, -0.1) is 0 Å². The summed E-state index contributed by atoms with van der Waals surface area (Å²) in [6.07, 6.45) is 7.86. The maximum Gasteiger partial charge on any atom is 0.268 e. The number of hydrogen-bond acceptors (Lipinski definition) is 5. The van der Waals surface area contributed by atoms with Crippen LogP contribution in [0.15, 0.2) is 84.4 Å². The highest BCUT2D eigenvalue weighted by Gasteiger charge is 2.23. The topological polar surface area (TPSA) is 112 Å². The Morgan fingerprint density at radius 1 is 1.09 bits per heavy atom. The molecule has 166 valence electrons. The highest BCUT2D eigenvalue weighted by molar-refractivity contribution is 7.90.